The van der Waals surface area contributed by atoms with Gasteiger partial charge in [-0.05, 0) is 24.1 Å². The highest BCUT2D eigenvalue weighted by atomic mass is 32.2. The van der Waals surface area contributed by atoms with Crippen LogP contribution in [0.15, 0.2) is 47.4 Å². The average molecular weight is 300 g/mol. The Morgan fingerprint density at radius 1 is 1.10 bits per heavy atom. The first kappa shape index (κ1) is 13.8. The van der Waals surface area contributed by atoms with Gasteiger partial charge in [-0.2, -0.15) is 0 Å². The van der Waals surface area contributed by atoms with E-state index in [2.05, 4.69) is 23.0 Å². The lowest BCUT2D eigenvalue weighted by atomic mass is 10.1. The van der Waals surface area contributed by atoms with Crippen LogP contribution in [0.4, 0.5) is 0 Å². The molecule has 2 aromatic carbocycles. The third-order valence-corrected chi connectivity index (χ3v) is 4.66. The first-order valence-electron chi connectivity index (χ1n) is 6.77. The number of sulfone groups is 1. The van der Waals surface area contributed by atoms with Crippen molar-refractivity contribution < 1.29 is 8.42 Å². The molecule has 0 saturated carbocycles. The van der Waals surface area contributed by atoms with Gasteiger partial charge in [-0.3, -0.25) is 0 Å². The fraction of sp³-hybridized carbons (Fsp3) is 0.188. The molecular formula is C16H16N2O2S. The van der Waals surface area contributed by atoms with Crippen molar-refractivity contribution in [2.24, 2.45) is 0 Å². The number of nitrogens with zero attached hydrogens (tertiary/aromatic N) is 1. The Kier molecular flexibility index (Phi) is 3.29. The molecule has 4 nitrogen and oxygen atoms in total. The van der Waals surface area contributed by atoms with Crippen LogP contribution in [-0.4, -0.2) is 24.6 Å². The van der Waals surface area contributed by atoms with Crippen molar-refractivity contribution >= 4 is 20.9 Å². The van der Waals surface area contributed by atoms with Crippen LogP contribution in [0.3, 0.4) is 0 Å². The summed E-state index contributed by atoms with van der Waals surface area (Å²) in [7, 11) is -3.30. The fourth-order valence-corrected chi connectivity index (χ4v) is 3.32. The van der Waals surface area contributed by atoms with E-state index in [-0.39, 0.29) is 4.90 Å². The summed E-state index contributed by atoms with van der Waals surface area (Å²) in [4.78, 5) is 8.01. The topological polar surface area (TPSA) is 62.8 Å². The first-order chi connectivity index (χ1) is 10.0. The summed E-state index contributed by atoms with van der Waals surface area (Å²) in [6.07, 6.45) is 2.10. The van der Waals surface area contributed by atoms with Crippen LogP contribution in [0, 0.1) is 0 Å². The second-order valence-electron chi connectivity index (χ2n) is 5.02. The third-order valence-electron chi connectivity index (χ3n) is 3.53. The van der Waals surface area contributed by atoms with E-state index in [0.717, 1.165) is 17.5 Å². The molecule has 1 N–H and O–H groups in total. The molecule has 3 rings (SSSR count). The van der Waals surface area contributed by atoms with Crippen LogP contribution in [0.5, 0.6) is 0 Å². The van der Waals surface area contributed by atoms with Gasteiger partial charge < -0.3 is 4.98 Å². The number of hydrogen-bond donors (Lipinski definition) is 1. The zero-order chi connectivity index (χ0) is 15.0. The SMILES string of the molecule is CCc1ccccc1-c1nc2c(S(C)(=O)=O)cccc2[nH]1. The highest BCUT2D eigenvalue weighted by molar-refractivity contribution is 7.91. The van der Waals surface area contributed by atoms with E-state index >= 15 is 0 Å². The molecule has 0 amide bonds. The lowest BCUT2D eigenvalue weighted by Gasteiger charge is -2.03. The number of imidazole rings is 1. The molecule has 0 unspecified atom stereocenters. The van der Waals surface area contributed by atoms with Crippen LogP contribution in [0.2, 0.25) is 0 Å². The van der Waals surface area contributed by atoms with E-state index in [1.807, 2.05) is 24.3 Å². The summed E-state index contributed by atoms with van der Waals surface area (Å²) >= 11 is 0. The maximum atomic E-state index is 11.9. The van der Waals surface area contributed by atoms with Gasteiger partial charge in [0.25, 0.3) is 0 Å². The van der Waals surface area contributed by atoms with Gasteiger partial charge in [-0.15, -0.1) is 0 Å². The molecule has 108 valence electrons. The molecule has 0 aliphatic rings. The Hall–Kier alpha value is -2.14. The second-order valence-corrected chi connectivity index (χ2v) is 7.00. The van der Waals surface area contributed by atoms with Crippen LogP contribution in [-0.2, 0) is 16.3 Å². The van der Waals surface area contributed by atoms with Crippen molar-refractivity contribution in [1.82, 2.24) is 9.97 Å². The van der Waals surface area contributed by atoms with Crippen molar-refractivity contribution in [1.29, 1.82) is 0 Å². The van der Waals surface area contributed by atoms with Gasteiger partial charge in [0.1, 0.15) is 11.3 Å². The van der Waals surface area contributed by atoms with Gasteiger partial charge in [0, 0.05) is 11.8 Å². The van der Waals surface area contributed by atoms with Gasteiger partial charge in [0.15, 0.2) is 9.84 Å². The summed E-state index contributed by atoms with van der Waals surface area (Å²) in [5.41, 5.74) is 3.42. The average Bonchev–Trinajstić information content (AvgIpc) is 2.89. The maximum absolute atomic E-state index is 11.9. The summed E-state index contributed by atoms with van der Waals surface area (Å²) in [6, 6.07) is 13.2. The first-order valence-corrected chi connectivity index (χ1v) is 8.67. The molecule has 0 spiro atoms. The number of rotatable bonds is 3. The highest BCUT2D eigenvalue weighted by Crippen LogP contribution is 2.27. The Morgan fingerprint density at radius 2 is 1.86 bits per heavy atom. The number of nitrogens with one attached hydrogen (secondary N) is 1. The summed E-state index contributed by atoms with van der Waals surface area (Å²) in [6.45, 7) is 2.09. The monoisotopic (exact) mass is 300 g/mol. The van der Waals surface area contributed by atoms with E-state index in [9.17, 15) is 8.42 Å². The largest absolute Gasteiger partial charge is 0.338 e. The normalized spacial score (nSPS) is 11.9. The molecule has 0 aliphatic carbocycles. The summed E-state index contributed by atoms with van der Waals surface area (Å²) < 4.78 is 23.7. The summed E-state index contributed by atoms with van der Waals surface area (Å²) in [5, 5.41) is 0. The van der Waals surface area contributed by atoms with E-state index in [4.69, 9.17) is 0 Å². The molecule has 0 aliphatic heterocycles. The molecule has 5 heteroatoms. The second kappa shape index (κ2) is 5.00. The molecular weight excluding hydrogens is 284 g/mol. The predicted octanol–water partition coefficient (Wildman–Crippen LogP) is 3.20. The fourth-order valence-electron chi connectivity index (χ4n) is 2.49. The minimum atomic E-state index is -3.30. The van der Waals surface area contributed by atoms with Crippen molar-refractivity contribution in [3.8, 4) is 11.4 Å². The van der Waals surface area contributed by atoms with Crippen LogP contribution >= 0.6 is 0 Å². The molecule has 0 bridgehead atoms. The Balaban J connectivity index is 2.27. The highest BCUT2D eigenvalue weighted by Gasteiger charge is 2.16. The number of aromatic nitrogens is 2. The number of aryl methyl sites for hydroxylation is 1. The number of para-hydroxylation sites is 1. The Morgan fingerprint density at radius 3 is 2.57 bits per heavy atom. The van der Waals surface area contributed by atoms with Gasteiger partial charge in [0.05, 0.1) is 10.4 Å². The van der Waals surface area contributed by atoms with Crippen LogP contribution in [0.1, 0.15) is 12.5 Å². The molecule has 1 aromatic heterocycles. The quantitative estimate of drug-likeness (QED) is 0.808. The van der Waals surface area contributed by atoms with Crippen molar-refractivity contribution in [3.05, 3.63) is 48.0 Å². The molecule has 0 fully saturated rings. The minimum Gasteiger partial charge on any atom is -0.338 e. The van der Waals surface area contributed by atoms with E-state index in [0.29, 0.717) is 11.3 Å². The maximum Gasteiger partial charge on any atom is 0.177 e. The van der Waals surface area contributed by atoms with Gasteiger partial charge in [-0.1, -0.05) is 37.3 Å². The molecule has 0 saturated heterocycles. The van der Waals surface area contributed by atoms with Crippen LogP contribution in [0.25, 0.3) is 22.4 Å². The molecule has 3 aromatic rings. The zero-order valence-electron chi connectivity index (χ0n) is 11.9. The minimum absolute atomic E-state index is 0.261. The number of benzene rings is 2. The molecule has 0 atom stereocenters. The van der Waals surface area contributed by atoms with Crippen LogP contribution < -0.4 is 0 Å². The Bertz CT molecular complexity index is 911. The standard InChI is InChI=1S/C16H16N2O2S/c1-3-11-7-4-5-8-12(11)16-17-13-9-6-10-14(15(13)18-16)21(2,19)20/h4-10H,3H2,1-2H3,(H,17,18). The van der Waals surface area contributed by atoms with Crippen molar-refractivity contribution in [3.63, 3.8) is 0 Å². The lowest BCUT2D eigenvalue weighted by Crippen LogP contribution is -1.97. The van der Waals surface area contributed by atoms with Gasteiger partial charge in [0.2, 0.25) is 0 Å². The molecule has 1 heterocycles. The number of hydrogen-bond acceptors (Lipinski definition) is 3. The molecule has 21 heavy (non-hydrogen) atoms. The predicted molar refractivity (Wildman–Crippen MR) is 84.0 cm³/mol. The number of fused-ring (bicyclic) bond motifs is 1. The number of aromatic amines is 1. The van der Waals surface area contributed by atoms with Gasteiger partial charge in [-0.25, -0.2) is 13.4 Å². The van der Waals surface area contributed by atoms with Crippen molar-refractivity contribution in [2.75, 3.05) is 6.26 Å². The van der Waals surface area contributed by atoms with Crippen molar-refractivity contribution in [2.45, 2.75) is 18.2 Å². The Labute approximate surface area is 123 Å². The number of H-pyrrole nitrogens is 1. The smallest absolute Gasteiger partial charge is 0.177 e. The lowest BCUT2D eigenvalue weighted by molar-refractivity contribution is 0.602. The third kappa shape index (κ3) is 2.45. The van der Waals surface area contributed by atoms with E-state index in [1.54, 1.807) is 12.1 Å². The van der Waals surface area contributed by atoms with E-state index < -0.39 is 9.84 Å². The summed E-state index contributed by atoms with van der Waals surface area (Å²) in [5.74, 6) is 0.707. The van der Waals surface area contributed by atoms with E-state index in [1.165, 1.54) is 11.8 Å². The molecule has 0 radical (unpaired) electrons. The van der Waals surface area contributed by atoms with Gasteiger partial charge >= 0.3 is 0 Å². The zero-order valence-corrected chi connectivity index (χ0v) is 12.7.